The first kappa shape index (κ1) is 26.9. The Labute approximate surface area is 210 Å². The number of nitrogens with one attached hydrogen (secondary N) is 5. The normalized spacial score (nSPS) is 13.3. The molecule has 0 fully saturated rings. The molecule has 9 N–H and O–H groups in total. The second kappa shape index (κ2) is 12.3. The van der Waals surface area contributed by atoms with E-state index >= 15 is 0 Å². The summed E-state index contributed by atoms with van der Waals surface area (Å²) in [4.78, 5) is 70.3. The van der Waals surface area contributed by atoms with Crippen molar-refractivity contribution in [3.05, 3.63) is 54.2 Å². The standard InChI is InChI=1S/C23H27N7O7/c24-15(6-13-9-25-11-28-13)21(35)29-17(5-12-8-26-16-4-2-1-3-14(12)16)23(37)30-18(7-19(31)32)22(36)27-10-20(33)34/h1-4,8-9,11,15,17-18,26H,5-7,10,24H2,(H,25,28)(H,27,36)(H,29,35)(H,30,37)(H,31,32)(H,33,34). The van der Waals surface area contributed by atoms with Gasteiger partial charge in [0.15, 0.2) is 0 Å². The molecule has 2 aromatic heterocycles. The summed E-state index contributed by atoms with van der Waals surface area (Å²) in [5, 5.41) is 25.7. The van der Waals surface area contributed by atoms with Gasteiger partial charge in [-0.2, -0.15) is 0 Å². The quantitative estimate of drug-likeness (QED) is 0.135. The fourth-order valence-corrected chi connectivity index (χ4v) is 3.68. The van der Waals surface area contributed by atoms with Crippen LogP contribution in [0, 0.1) is 0 Å². The predicted molar refractivity (Wildman–Crippen MR) is 129 cm³/mol. The minimum atomic E-state index is -1.58. The molecule has 196 valence electrons. The number of carboxylic acid groups (broad SMARTS) is 2. The molecule has 3 atom stereocenters. The maximum Gasteiger partial charge on any atom is 0.322 e. The SMILES string of the molecule is NC(Cc1cnc[nH]1)C(=O)NC(Cc1c[nH]c2ccccc12)C(=O)NC(CC(=O)O)C(=O)NCC(=O)O. The van der Waals surface area contributed by atoms with Gasteiger partial charge in [0.1, 0.15) is 18.6 Å². The molecule has 14 nitrogen and oxygen atoms in total. The molecule has 0 spiro atoms. The number of imidazole rings is 1. The lowest BCUT2D eigenvalue weighted by atomic mass is 10.0. The number of hydrogen-bond donors (Lipinski definition) is 8. The van der Waals surface area contributed by atoms with Gasteiger partial charge in [-0.15, -0.1) is 0 Å². The number of aliphatic carboxylic acids is 2. The second-order valence-electron chi connectivity index (χ2n) is 8.28. The van der Waals surface area contributed by atoms with E-state index < -0.39 is 60.8 Å². The first-order chi connectivity index (χ1) is 17.6. The highest BCUT2D eigenvalue weighted by molar-refractivity contribution is 5.95. The van der Waals surface area contributed by atoms with Gasteiger partial charge in [-0.1, -0.05) is 18.2 Å². The zero-order valence-corrected chi connectivity index (χ0v) is 19.6. The zero-order chi connectivity index (χ0) is 26.9. The summed E-state index contributed by atoms with van der Waals surface area (Å²) in [6.45, 7) is -0.761. The third kappa shape index (κ3) is 7.63. The largest absolute Gasteiger partial charge is 0.481 e. The Kier molecular flexibility index (Phi) is 8.94. The lowest BCUT2D eigenvalue weighted by molar-refractivity contribution is -0.141. The number of carbonyl (C=O) groups is 5. The summed E-state index contributed by atoms with van der Waals surface area (Å²) in [6.07, 6.45) is 3.93. The smallest absolute Gasteiger partial charge is 0.322 e. The minimum absolute atomic E-state index is 0.00506. The molecule has 2 heterocycles. The number of benzene rings is 1. The van der Waals surface area contributed by atoms with Crippen LogP contribution in [0.5, 0.6) is 0 Å². The van der Waals surface area contributed by atoms with E-state index in [4.69, 9.17) is 10.8 Å². The minimum Gasteiger partial charge on any atom is -0.481 e. The summed E-state index contributed by atoms with van der Waals surface area (Å²) < 4.78 is 0. The van der Waals surface area contributed by atoms with E-state index in [1.807, 2.05) is 29.6 Å². The molecule has 3 amide bonds. The van der Waals surface area contributed by atoms with Gasteiger partial charge in [-0.05, 0) is 11.6 Å². The van der Waals surface area contributed by atoms with Crippen molar-refractivity contribution in [3.8, 4) is 0 Å². The van der Waals surface area contributed by atoms with Crippen LogP contribution in [0.2, 0.25) is 0 Å². The number of para-hydroxylation sites is 1. The molecule has 0 aliphatic rings. The first-order valence-electron chi connectivity index (χ1n) is 11.2. The van der Waals surface area contributed by atoms with Crippen LogP contribution >= 0.6 is 0 Å². The zero-order valence-electron chi connectivity index (χ0n) is 19.6. The van der Waals surface area contributed by atoms with Gasteiger partial charge in [-0.3, -0.25) is 24.0 Å². The number of nitrogens with two attached hydrogens (primary N) is 1. The average Bonchev–Trinajstić information content (AvgIpc) is 3.51. The number of hydrogen-bond acceptors (Lipinski definition) is 7. The molecule has 0 aliphatic carbocycles. The summed E-state index contributed by atoms with van der Waals surface area (Å²) in [7, 11) is 0. The Morgan fingerprint density at radius 2 is 1.65 bits per heavy atom. The number of aromatic nitrogens is 3. The summed E-state index contributed by atoms with van der Waals surface area (Å²) >= 11 is 0. The van der Waals surface area contributed by atoms with E-state index in [2.05, 4.69) is 25.6 Å². The molecule has 3 rings (SSSR count). The first-order valence-corrected chi connectivity index (χ1v) is 11.2. The molecule has 1 aromatic carbocycles. The molecule has 37 heavy (non-hydrogen) atoms. The van der Waals surface area contributed by atoms with Crippen LogP contribution in [0.1, 0.15) is 17.7 Å². The van der Waals surface area contributed by atoms with Crippen molar-refractivity contribution >= 4 is 40.6 Å². The van der Waals surface area contributed by atoms with E-state index in [0.717, 1.165) is 10.9 Å². The fourth-order valence-electron chi connectivity index (χ4n) is 3.68. The van der Waals surface area contributed by atoms with Gasteiger partial charge in [0.2, 0.25) is 17.7 Å². The van der Waals surface area contributed by atoms with Crippen molar-refractivity contribution in [3.63, 3.8) is 0 Å². The molecule has 3 unspecified atom stereocenters. The Hall–Kier alpha value is -4.72. The topological polar surface area (TPSA) is 232 Å². The van der Waals surface area contributed by atoms with Crippen LogP contribution in [0.4, 0.5) is 0 Å². The second-order valence-corrected chi connectivity index (χ2v) is 8.28. The predicted octanol–water partition coefficient (Wildman–Crippen LogP) is -1.35. The molecular formula is C23H27N7O7. The van der Waals surface area contributed by atoms with E-state index in [1.54, 1.807) is 6.20 Å². The van der Waals surface area contributed by atoms with Crippen molar-refractivity contribution < 1.29 is 34.2 Å². The molecule has 0 aliphatic heterocycles. The van der Waals surface area contributed by atoms with Gasteiger partial charge < -0.3 is 41.9 Å². The molecule has 0 saturated carbocycles. The van der Waals surface area contributed by atoms with Crippen LogP contribution in [-0.4, -0.2) is 79.5 Å². The van der Waals surface area contributed by atoms with Crippen LogP contribution < -0.4 is 21.7 Å². The highest BCUT2D eigenvalue weighted by atomic mass is 16.4. The molecule has 0 bridgehead atoms. The van der Waals surface area contributed by atoms with Crippen LogP contribution in [0.3, 0.4) is 0 Å². The Balaban J connectivity index is 1.80. The number of carbonyl (C=O) groups excluding carboxylic acids is 3. The number of rotatable bonds is 13. The number of aromatic amines is 2. The summed E-state index contributed by atoms with van der Waals surface area (Å²) in [5.74, 6) is -5.23. The van der Waals surface area contributed by atoms with Crippen LogP contribution in [0.25, 0.3) is 10.9 Å². The fraction of sp³-hybridized carbons (Fsp3) is 0.304. The molecule has 0 saturated heterocycles. The van der Waals surface area contributed by atoms with E-state index in [-0.39, 0.29) is 12.8 Å². The maximum absolute atomic E-state index is 13.2. The van der Waals surface area contributed by atoms with E-state index in [1.165, 1.54) is 12.5 Å². The van der Waals surface area contributed by atoms with Crippen molar-refractivity contribution in [1.82, 2.24) is 30.9 Å². The average molecular weight is 514 g/mol. The van der Waals surface area contributed by atoms with Crippen LogP contribution in [0.15, 0.2) is 43.0 Å². The number of fused-ring (bicyclic) bond motifs is 1. The third-order valence-electron chi connectivity index (χ3n) is 5.49. The number of carboxylic acids is 2. The van der Waals surface area contributed by atoms with Gasteiger partial charge in [0.05, 0.1) is 18.8 Å². The Morgan fingerprint density at radius 1 is 0.919 bits per heavy atom. The number of amides is 3. The molecular weight excluding hydrogens is 486 g/mol. The lowest BCUT2D eigenvalue weighted by Gasteiger charge is -2.23. The third-order valence-corrected chi connectivity index (χ3v) is 5.49. The van der Waals surface area contributed by atoms with E-state index in [0.29, 0.717) is 11.3 Å². The molecule has 14 heteroatoms. The van der Waals surface area contributed by atoms with Crippen molar-refractivity contribution in [2.75, 3.05) is 6.54 Å². The lowest BCUT2D eigenvalue weighted by Crippen LogP contribution is -2.57. The van der Waals surface area contributed by atoms with Gasteiger partial charge in [0, 0.05) is 41.8 Å². The summed E-state index contributed by atoms with van der Waals surface area (Å²) in [5.41, 5.74) is 8.10. The highest BCUT2D eigenvalue weighted by Gasteiger charge is 2.30. The van der Waals surface area contributed by atoms with Gasteiger partial charge in [-0.25, -0.2) is 4.98 Å². The molecule has 0 radical (unpaired) electrons. The molecule has 3 aromatic rings. The Bertz CT molecular complexity index is 1270. The highest BCUT2D eigenvalue weighted by Crippen LogP contribution is 2.19. The van der Waals surface area contributed by atoms with Crippen molar-refractivity contribution in [2.45, 2.75) is 37.4 Å². The van der Waals surface area contributed by atoms with E-state index in [9.17, 15) is 29.1 Å². The number of H-pyrrole nitrogens is 2. The van der Waals surface area contributed by atoms with Crippen molar-refractivity contribution in [2.24, 2.45) is 5.73 Å². The van der Waals surface area contributed by atoms with Crippen molar-refractivity contribution in [1.29, 1.82) is 0 Å². The van der Waals surface area contributed by atoms with Gasteiger partial charge >= 0.3 is 11.9 Å². The monoisotopic (exact) mass is 513 g/mol. The van der Waals surface area contributed by atoms with Crippen LogP contribution in [-0.2, 0) is 36.8 Å². The number of nitrogens with zero attached hydrogens (tertiary/aromatic N) is 1. The maximum atomic E-state index is 13.2. The summed E-state index contributed by atoms with van der Waals surface area (Å²) in [6, 6.07) is 3.45. The Morgan fingerprint density at radius 3 is 2.32 bits per heavy atom. The van der Waals surface area contributed by atoms with Gasteiger partial charge in [0.25, 0.3) is 0 Å².